The van der Waals surface area contributed by atoms with Crippen LogP contribution in [0.3, 0.4) is 0 Å². The molecule has 2 aromatic rings. The van der Waals surface area contributed by atoms with Gasteiger partial charge < -0.3 is 10.1 Å². The molecule has 2 rings (SSSR count). The van der Waals surface area contributed by atoms with E-state index >= 15 is 0 Å². The van der Waals surface area contributed by atoms with Crippen molar-refractivity contribution in [2.24, 2.45) is 0 Å². The van der Waals surface area contributed by atoms with Gasteiger partial charge in [0, 0.05) is 16.7 Å². The molecular formula is C13H11Br3N2O. The molecule has 0 fully saturated rings. The van der Waals surface area contributed by atoms with Crippen molar-refractivity contribution in [3.63, 3.8) is 0 Å². The van der Waals surface area contributed by atoms with Crippen LogP contribution in [0, 0.1) is 6.92 Å². The first-order valence-electron chi connectivity index (χ1n) is 5.43. The summed E-state index contributed by atoms with van der Waals surface area (Å²) in [6.45, 7) is 2.00. The minimum absolute atomic E-state index is 0.758. The van der Waals surface area contributed by atoms with E-state index < -0.39 is 0 Å². The second-order valence-corrected chi connectivity index (χ2v) is 6.50. The summed E-state index contributed by atoms with van der Waals surface area (Å²) < 4.78 is 8.02. The van der Waals surface area contributed by atoms with Crippen molar-refractivity contribution in [2.75, 3.05) is 12.4 Å². The van der Waals surface area contributed by atoms with Crippen molar-refractivity contribution in [1.82, 2.24) is 4.98 Å². The van der Waals surface area contributed by atoms with Crippen molar-refractivity contribution < 1.29 is 4.74 Å². The number of nitrogens with one attached hydrogen (secondary N) is 1. The summed E-state index contributed by atoms with van der Waals surface area (Å²) in [4.78, 5) is 4.36. The summed E-state index contributed by atoms with van der Waals surface area (Å²) in [7, 11) is 1.64. The van der Waals surface area contributed by atoms with Crippen molar-refractivity contribution >= 4 is 59.3 Å². The molecule has 0 spiro atoms. The van der Waals surface area contributed by atoms with E-state index in [1.54, 1.807) is 7.11 Å². The monoisotopic (exact) mass is 448 g/mol. The normalized spacial score (nSPS) is 10.4. The summed E-state index contributed by atoms with van der Waals surface area (Å²) >= 11 is 10.5. The first-order valence-corrected chi connectivity index (χ1v) is 7.81. The summed E-state index contributed by atoms with van der Waals surface area (Å²) in [5.41, 5.74) is 1.99. The Hall–Kier alpha value is -0.590. The maximum absolute atomic E-state index is 5.29. The summed E-state index contributed by atoms with van der Waals surface area (Å²) in [6.07, 6.45) is 1.82. The number of pyridine rings is 1. The van der Waals surface area contributed by atoms with Gasteiger partial charge in [0.25, 0.3) is 0 Å². The predicted molar refractivity (Wildman–Crippen MR) is 88.4 cm³/mol. The van der Waals surface area contributed by atoms with Gasteiger partial charge in [-0.1, -0.05) is 0 Å². The molecule has 0 unspecified atom stereocenters. The van der Waals surface area contributed by atoms with Gasteiger partial charge in [0.15, 0.2) is 0 Å². The lowest BCUT2D eigenvalue weighted by atomic mass is 10.3. The highest BCUT2D eigenvalue weighted by molar-refractivity contribution is 9.11. The molecule has 1 aromatic heterocycles. The average Bonchev–Trinajstić information content (AvgIpc) is 2.35. The number of benzene rings is 1. The van der Waals surface area contributed by atoms with E-state index in [0.29, 0.717) is 0 Å². The van der Waals surface area contributed by atoms with Crippen molar-refractivity contribution in [2.45, 2.75) is 6.92 Å². The van der Waals surface area contributed by atoms with Crippen LogP contribution in [0.4, 0.5) is 11.5 Å². The Morgan fingerprint density at radius 3 is 2.42 bits per heavy atom. The van der Waals surface area contributed by atoms with Gasteiger partial charge in [-0.05, 0) is 72.4 Å². The molecule has 0 atom stereocenters. The van der Waals surface area contributed by atoms with Gasteiger partial charge in [0.05, 0.1) is 21.7 Å². The molecule has 3 nitrogen and oxygen atoms in total. The number of nitrogens with zero attached hydrogens (tertiary/aromatic N) is 1. The highest BCUT2D eigenvalue weighted by atomic mass is 79.9. The molecule has 1 aromatic carbocycles. The largest absolute Gasteiger partial charge is 0.495 e. The Bertz CT molecular complexity index is 617. The third-order valence-corrected chi connectivity index (χ3v) is 4.35. The Morgan fingerprint density at radius 2 is 1.79 bits per heavy atom. The molecule has 0 amide bonds. The van der Waals surface area contributed by atoms with Gasteiger partial charge >= 0.3 is 0 Å². The van der Waals surface area contributed by atoms with E-state index in [1.165, 1.54) is 0 Å². The topological polar surface area (TPSA) is 34.1 Å². The van der Waals surface area contributed by atoms with Crippen LogP contribution < -0.4 is 10.1 Å². The Labute approximate surface area is 137 Å². The summed E-state index contributed by atoms with van der Waals surface area (Å²) in [5.74, 6) is 1.52. The number of halogens is 3. The van der Waals surface area contributed by atoms with Gasteiger partial charge in [0.1, 0.15) is 11.6 Å². The maximum atomic E-state index is 5.29. The molecule has 1 N–H and O–H groups in total. The Kier molecular flexibility index (Phi) is 4.86. The predicted octanol–water partition coefficient (Wildman–Crippen LogP) is 5.43. The van der Waals surface area contributed by atoms with Crippen LogP contribution in [0.2, 0.25) is 0 Å². The zero-order valence-electron chi connectivity index (χ0n) is 10.3. The molecule has 0 aliphatic heterocycles. The molecule has 0 aliphatic carbocycles. The fourth-order valence-electron chi connectivity index (χ4n) is 1.53. The van der Waals surface area contributed by atoms with Gasteiger partial charge in [-0.3, -0.25) is 0 Å². The van der Waals surface area contributed by atoms with Crippen LogP contribution >= 0.6 is 47.8 Å². The lowest BCUT2D eigenvalue weighted by molar-refractivity contribution is 0.412. The Balaban J connectivity index is 2.37. The number of aryl methyl sites for hydroxylation is 1. The van der Waals surface area contributed by atoms with Crippen LogP contribution in [0.25, 0.3) is 0 Å². The number of rotatable bonds is 3. The van der Waals surface area contributed by atoms with E-state index in [4.69, 9.17) is 4.74 Å². The fraction of sp³-hybridized carbons (Fsp3) is 0.154. The standard InChI is InChI=1S/C13H11Br3N2O/c1-7-3-10(16)13(17-6-7)18-11-5-12(19-2)9(15)4-8(11)14/h3-6H,1-2H3,(H,17,18). The third kappa shape index (κ3) is 3.49. The highest BCUT2D eigenvalue weighted by Crippen LogP contribution is 2.36. The first-order chi connectivity index (χ1) is 9.01. The van der Waals surface area contributed by atoms with Gasteiger partial charge in [-0.25, -0.2) is 4.98 Å². The molecule has 19 heavy (non-hydrogen) atoms. The number of methoxy groups -OCH3 is 1. The molecule has 0 radical (unpaired) electrons. The Morgan fingerprint density at radius 1 is 1.05 bits per heavy atom. The number of anilines is 2. The molecule has 0 saturated heterocycles. The second-order valence-electron chi connectivity index (χ2n) is 3.93. The van der Waals surface area contributed by atoms with Crippen molar-refractivity contribution in [3.05, 3.63) is 43.4 Å². The van der Waals surface area contributed by atoms with Crippen LogP contribution in [-0.4, -0.2) is 12.1 Å². The zero-order chi connectivity index (χ0) is 14.0. The first kappa shape index (κ1) is 14.8. The average molecular weight is 451 g/mol. The molecule has 1 heterocycles. The molecule has 6 heteroatoms. The lowest BCUT2D eigenvalue weighted by Crippen LogP contribution is -1.97. The van der Waals surface area contributed by atoms with Crippen LogP contribution in [0.15, 0.2) is 37.8 Å². The molecular weight excluding hydrogens is 440 g/mol. The van der Waals surface area contributed by atoms with Crippen LogP contribution in [0.1, 0.15) is 5.56 Å². The van der Waals surface area contributed by atoms with Gasteiger partial charge in [-0.15, -0.1) is 0 Å². The number of aromatic nitrogens is 1. The van der Waals surface area contributed by atoms with E-state index in [2.05, 4.69) is 58.1 Å². The molecule has 0 bridgehead atoms. The number of hydrogen-bond acceptors (Lipinski definition) is 3. The van der Waals surface area contributed by atoms with E-state index in [9.17, 15) is 0 Å². The fourth-order valence-corrected chi connectivity index (χ4v) is 3.35. The minimum atomic E-state index is 0.758. The zero-order valence-corrected chi connectivity index (χ0v) is 15.1. The van der Waals surface area contributed by atoms with E-state index in [0.717, 1.165) is 36.2 Å². The molecule has 100 valence electrons. The summed E-state index contributed by atoms with van der Waals surface area (Å²) in [6, 6.07) is 5.85. The van der Waals surface area contributed by atoms with Crippen LogP contribution in [-0.2, 0) is 0 Å². The van der Waals surface area contributed by atoms with Crippen LogP contribution in [0.5, 0.6) is 5.75 Å². The number of ether oxygens (including phenoxy) is 1. The quantitative estimate of drug-likeness (QED) is 0.677. The second kappa shape index (κ2) is 6.24. The lowest BCUT2D eigenvalue weighted by Gasteiger charge is -2.12. The van der Waals surface area contributed by atoms with Gasteiger partial charge in [0.2, 0.25) is 0 Å². The van der Waals surface area contributed by atoms with Gasteiger partial charge in [-0.2, -0.15) is 0 Å². The molecule has 0 aliphatic rings. The third-order valence-electron chi connectivity index (χ3n) is 2.47. The highest BCUT2D eigenvalue weighted by Gasteiger charge is 2.09. The smallest absolute Gasteiger partial charge is 0.144 e. The number of hydrogen-bond donors (Lipinski definition) is 1. The maximum Gasteiger partial charge on any atom is 0.144 e. The van der Waals surface area contributed by atoms with E-state index in [-0.39, 0.29) is 0 Å². The van der Waals surface area contributed by atoms with Crippen molar-refractivity contribution in [1.29, 1.82) is 0 Å². The minimum Gasteiger partial charge on any atom is -0.495 e. The SMILES string of the molecule is COc1cc(Nc2ncc(C)cc2Br)c(Br)cc1Br. The van der Waals surface area contributed by atoms with E-state index in [1.807, 2.05) is 31.3 Å². The summed E-state index contributed by atoms with van der Waals surface area (Å²) in [5, 5.41) is 3.26. The van der Waals surface area contributed by atoms with Crippen molar-refractivity contribution in [3.8, 4) is 5.75 Å². The molecule has 0 saturated carbocycles.